The van der Waals surface area contributed by atoms with Gasteiger partial charge in [-0.2, -0.15) is 0 Å². The lowest BCUT2D eigenvalue weighted by Crippen LogP contribution is -2.50. The van der Waals surface area contributed by atoms with Crippen LogP contribution in [-0.2, 0) is 23.9 Å². The van der Waals surface area contributed by atoms with Crippen molar-refractivity contribution in [3.63, 3.8) is 0 Å². The largest absolute Gasteiger partial charge is 0.458 e. The maximum atomic E-state index is 12.8. The summed E-state index contributed by atoms with van der Waals surface area (Å²) in [7, 11) is 1.86. The molecule has 0 radical (unpaired) electrons. The van der Waals surface area contributed by atoms with Crippen LogP contribution in [0.15, 0.2) is 23.3 Å². The molecule has 150 valence electrons. The Balaban J connectivity index is 2.44. The van der Waals surface area contributed by atoms with Crippen LogP contribution in [-0.4, -0.2) is 77.9 Å². The summed E-state index contributed by atoms with van der Waals surface area (Å²) in [6.07, 6.45) is 2.50. The normalized spacial score (nSPS) is 35.1. The van der Waals surface area contributed by atoms with Gasteiger partial charge in [0.05, 0.1) is 6.61 Å². The molecule has 2 aliphatic rings. The van der Waals surface area contributed by atoms with Crippen molar-refractivity contribution in [3.05, 3.63) is 23.3 Å². The van der Waals surface area contributed by atoms with Gasteiger partial charge in [0.1, 0.15) is 6.61 Å². The number of nitrogens with zero attached hydrogens (tertiary/aromatic N) is 1. The Hall–Kier alpha value is -2.03. The lowest BCUT2D eigenvalue weighted by molar-refractivity contribution is -0.176. The van der Waals surface area contributed by atoms with Crippen LogP contribution >= 0.6 is 0 Å². The molecule has 0 amide bonds. The summed E-state index contributed by atoms with van der Waals surface area (Å²) in [6, 6.07) is 0. The van der Waals surface area contributed by atoms with Crippen LogP contribution in [0.4, 0.5) is 0 Å². The Bertz CT molecular complexity index is 669. The van der Waals surface area contributed by atoms with E-state index in [9.17, 15) is 24.6 Å². The smallest absolute Gasteiger partial charge is 0.341 e. The molecular weight excluding hydrogens is 354 g/mol. The van der Waals surface area contributed by atoms with Gasteiger partial charge in [-0.1, -0.05) is 19.1 Å². The molecule has 2 aliphatic heterocycles. The number of aliphatic hydroxyl groups excluding tert-OH is 1. The van der Waals surface area contributed by atoms with E-state index in [1.54, 1.807) is 13.0 Å². The van der Waals surface area contributed by atoms with Crippen LogP contribution in [0.25, 0.3) is 0 Å². The van der Waals surface area contributed by atoms with E-state index in [0.717, 1.165) is 0 Å². The van der Waals surface area contributed by atoms with Crippen molar-refractivity contribution in [2.75, 3.05) is 33.4 Å². The number of rotatable bonds is 1. The monoisotopic (exact) mass is 381 g/mol. The molecular formula is C19H27NO7. The topological polar surface area (TPSA) is 113 Å². The predicted octanol–water partition coefficient (Wildman–Crippen LogP) is -0.0181. The SMILES string of the molecule is C/C=C1/C[C@@H](C)[C@](O)(CO)C(=O)OC/C2=C/CN(C)CC[C@@H](OC1=O)C2=O. The molecule has 3 atom stereocenters. The molecule has 0 unspecified atom stereocenters. The molecule has 0 aromatic carbocycles. The Kier molecular flexibility index (Phi) is 6.91. The molecule has 0 aromatic rings. The summed E-state index contributed by atoms with van der Waals surface area (Å²) in [5.41, 5.74) is -1.77. The zero-order chi connectivity index (χ0) is 20.2. The van der Waals surface area contributed by atoms with Crippen molar-refractivity contribution < 1.29 is 34.1 Å². The van der Waals surface area contributed by atoms with Gasteiger partial charge in [0.15, 0.2) is 11.7 Å². The minimum atomic E-state index is -2.19. The van der Waals surface area contributed by atoms with Crippen LogP contribution in [0.3, 0.4) is 0 Å². The number of fused-ring (bicyclic) bond motifs is 2. The molecule has 27 heavy (non-hydrogen) atoms. The van der Waals surface area contributed by atoms with Gasteiger partial charge in [-0.15, -0.1) is 0 Å². The summed E-state index contributed by atoms with van der Waals surface area (Å²) >= 11 is 0. The van der Waals surface area contributed by atoms with E-state index < -0.39 is 42.0 Å². The lowest BCUT2D eigenvalue weighted by Gasteiger charge is -2.32. The summed E-state index contributed by atoms with van der Waals surface area (Å²) in [5, 5.41) is 20.2. The van der Waals surface area contributed by atoms with Crippen molar-refractivity contribution in [1.29, 1.82) is 0 Å². The number of allylic oxidation sites excluding steroid dienone is 1. The van der Waals surface area contributed by atoms with Crippen molar-refractivity contribution >= 4 is 17.7 Å². The number of cyclic esters (lactones) is 1. The number of aliphatic hydroxyl groups is 2. The molecule has 0 saturated carbocycles. The fourth-order valence-electron chi connectivity index (χ4n) is 3.09. The number of carbonyl (C=O) groups is 3. The summed E-state index contributed by atoms with van der Waals surface area (Å²) in [6.45, 7) is 2.99. The number of carbonyl (C=O) groups excluding carboxylic acids is 3. The van der Waals surface area contributed by atoms with Gasteiger partial charge in [0.2, 0.25) is 5.78 Å². The fourth-order valence-corrected chi connectivity index (χ4v) is 3.09. The molecule has 2 N–H and O–H groups in total. The van der Waals surface area contributed by atoms with E-state index in [1.165, 1.54) is 13.0 Å². The highest BCUT2D eigenvalue weighted by molar-refractivity contribution is 6.01. The molecule has 2 heterocycles. The highest BCUT2D eigenvalue weighted by Gasteiger charge is 2.44. The number of hydrogen-bond donors (Lipinski definition) is 2. The average Bonchev–Trinajstić information content (AvgIpc) is 2.65. The summed E-state index contributed by atoms with van der Waals surface area (Å²) in [5.74, 6) is -2.91. The van der Waals surface area contributed by atoms with Gasteiger partial charge in [-0.25, -0.2) is 9.59 Å². The third-order valence-electron chi connectivity index (χ3n) is 5.19. The molecule has 2 rings (SSSR count). The Morgan fingerprint density at radius 2 is 2.07 bits per heavy atom. The van der Waals surface area contributed by atoms with Crippen LogP contribution in [0, 0.1) is 5.92 Å². The molecule has 0 aromatic heterocycles. The van der Waals surface area contributed by atoms with Crippen LogP contribution in [0.2, 0.25) is 0 Å². The third-order valence-corrected chi connectivity index (χ3v) is 5.19. The first kappa shape index (κ1) is 21.3. The van der Waals surface area contributed by atoms with E-state index in [-0.39, 0.29) is 24.2 Å². The molecule has 0 spiro atoms. The van der Waals surface area contributed by atoms with Gasteiger partial charge >= 0.3 is 11.9 Å². The van der Waals surface area contributed by atoms with Gasteiger partial charge < -0.3 is 24.6 Å². The van der Waals surface area contributed by atoms with E-state index in [2.05, 4.69) is 0 Å². The number of ether oxygens (including phenoxy) is 2. The summed E-state index contributed by atoms with van der Waals surface area (Å²) < 4.78 is 10.6. The second-order valence-corrected chi connectivity index (χ2v) is 7.12. The molecule has 8 nitrogen and oxygen atoms in total. The van der Waals surface area contributed by atoms with Gasteiger partial charge in [-0.05, 0) is 20.4 Å². The van der Waals surface area contributed by atoms with E-state index in [4.69, 9.17) is 9.47 Å². The Labute approximate surface area is 158 Å². The minimum Gasteiger partial charge on any atom is -0.458 e. The lowest BCUT2D eigenvalue weighted by atomic mass is 9.84. The number of hydrogen-bond acceptors (Lipinski definition) is 8. The van der Waals surface area contributed by atoms with Crippen molar-refractivity contribution in [2.45, 2.75) is 38.4 Å². The Morgan fingerprint density at radius 1 is 1.37 bits per heavy atom. The first-order chi connectivity index (χ1) is 12.7. The first-order valence-electron chi connectivity index (χ1n) is 9.01. The number of likely N-dealkylation sites (N-methyl/N-ethyl adjacent to an activating group) is 1. The van der Waals surface area contributed by atoms with Crippen LogP contribution < -0.4 is 0 Å². The zero-order valence-corrected chi connectivity index (χ0v) is 15.9. The summed E-state index contributed by atoms with van der Waals surface area (Å²) in [4.78, 5) is 39.7. The second kappa shape index (κ2) is 8.77. The number of esters is 2. The standard InChI is InChI=1S/C19H27NO7/c1-4-13-9-12(2)19(25,11-21)18(24)26-10-14-5-7-20(3)8-6-15(16(14)22)27-17(13)23/h4-5,12,15,21,25H,6-11H2,1-3H3/b13-4-,14-5-/t12-,15-,19-/m1/s1. The number of ketones is 1. The van der Waals surface area contributed by atoms with Gasteiger partial charge in [0.25, 0.3) is 0 Å². The van der Waals surface area contributed by atoms with E-state index in [1.807, 2.05) is 11.9 Å². The fraction of sp³-hybridized carbons (Fsp3) is 0.632. The van der Waals surface area contributed by atoms with Crippen molar-refractivity contribution in [3.8, 4) is 0 Å². The van der Waals surface area contributed by atoms with E-state index in [0.29, 0.717) is 19.5 Å². The van der Waals surface area contributed by atoms with Crippen molar-refractivity contribution in [2.24, 2.45) is 5.92 Å². The molecule has 0 aliphatic carbocycles. The Morgan fingerprint density at radius 3 is 2.70 bits per heavy atom. The maximum Gasteiger partial charge on any atom is 0.341 e. The molecule has 1 saturated heterocycles. The first-order valence-corrected chi connectivity index (χ1v) is 9.01. The predicted molar refractivity (Wildman–Crippen MR) is 95.6 cm³/mol. The number of Topliss-reactive ketones (excluding diaryl/α,β-unsaturated/α-hetero) is 1. The molecule has 1 fully saturated rings. The highest BCUT2D eigenvalue weighted by Crippen LogP contribution is 2.28. The molecule has 2 bridgehead atoms. The second-order valence-electron chi connectivity index (χ2n) is 7.12. The minimum absolute atomic E-state index is 0.00893. The highest BCUT2D eigenvalue weighted by atomic mass is 16.6. The molecule has 8 heteroatoms. The third kappa shape index (κ3) is 4.63. The van der Waals surface area contributed by atoms with Gasteiger partial charge in [-0.3, -0.25) is 4.79 Å². The van der Waals surface area contributed by atoms with Crippen LogP contribution in [0.5, 0.6) is 0 Å². The zero-order valence-electron chi connectivity index (χ0n) is 15.9. The van der Waals surface area contributed by atoms with Crippen molar-refractivity contribution in [1.82, 2.24) is 4.90 Å². The maximum absolute atomic E-state index is 12.8. The van der Waals surface area contributed by atoms with Crippen LogP contribution in [0.1, 0.15) is 26.7 Å². The quantitative estimate of drug-likeness (QED) is 0.481. The van der Waals surface area contributed by atoms with E-state index >= 15 is 0 Å². The average molecular weight is 381 g/mol. The van der Waals surface area contributed by atoms with Gasteiger partial charge in [0, 0.05) is 36.6 Å².